The average Bonchev–Trinajstić information content (AvgIpc) is 2.84. The molecule has 0 amide bonds. The number of benzene rings is 1. The molecule has 2 heteroatoms. The van der Waals surface area contributed by atoms with Gasteiger partial charge in [0.05, 0.1) is 6.61 Å². The largest absolute Gasteiger partial charge is 0.508 e. The molecule has 4 unspecified atom stereocenters. The normalized spacial score (nSPS) is 38.5. The van der Waals surface area contributed by atoms with Crippen LogP contribution >= 0.6 is 0 Å². The van der Waals surface area contributed by atoms with Gasteiger partial charge in [-0.1, -0.05) is 24.6 Å². The Hall–Kier alpha value is -1.28. The molecule has 4 rings (SSSR count). The number of hydrogen-bond donors (Lipinski definition) is 2. The monoisotopic (exact) mass is 298 g/mol. The number of aliphatic hydroxyl groups excluding tert-OH is 1. The van der Waals surface area contributed by atoms with E-state index in [1.165, 1.54) is 48.8 Å². The van der Waals surface area contributed by atoms with E-state index >= 15 is 0 Å². The van der Waals surface area contributed by atoms with Gasteiger partial charge in [0.25, 0.3) is 0 Å². The molecule has 2 N–H and O–H groups in total. The minimum Gasteiger partial charge on any atom is -0.508 e. The highest BCUT2D eigenvalue weighted by Crippen LogP contribution is 2.62. The molecule has 2 fully saturated rings. The van der Waals surface area contributed by atoms with Crippen LogP contribution in [0, 0.1) is 17.3 Å². The Labute approximate surface area is 132 Å². The van der Waals surface area contributed by atoms with Crippen molar-refractivity contribution in [2.45, 2.75) is 51.4 Å². The van der Waals surface area contributed by atoms with E-state index in [-0.39, 0.29) is 6.61 Å². The van der Waals surface area contributed by atoms with E-state index in [0.717, 1.165) is 18.3 Å². The van der Waals surface area contributed by atoms with E-state index < -0.39 is 0 Å². The minimum absolute atomic E-state index is 0.188. The summed E-state index contributed by atoms with van der Waals surface area (Å²) in [5, 5.41) is 19.1. The summed E-state index contributed by atoms with van der Waals surface area (Å²) < 4.78 is 0. The molecule has 0 heterocycles. The second kappa shape index (κ2) is 5.13. The molecule has 0 radical (unpaired) electrons. The highest BCUT2D eigenvalue weighted by Gasteiger charge is 2.52. The molecule has 0 bridgehead atoms. The molecule has 1 aromatic carbocycles. The molecule has 4 atom stereocenters. The zero-order valence-electron chi connectivity index (χ0n) is 13.4. The van der Waals surface area contributed by atoms with Crippen LogP contribution in [0.15, 0.2) is 29.8 Å². The van der Waals surface area contributed by atoms with Gasteiger partial charge < -0.3 is 10.2 Å². The zero-order chi connectivity index (χ0) is 15.3. The molecule has 0 aliphatic heterocycles. The van der Waals surface area contributed by atoms with Gasteiger partial charge in [0.2, 0.25) is 0 Å². The third-order valence-electron chi connectivity index (χ3n) is 6.90. The quantitative estimate of drug-likeness (QED) is 0.764. The lowest BCUT2D eigenvalue weighted by molar-refractivity contribution is 0.0809. The summed E-state index contributed by atoms with van der Waals surface area (Å²) in [6.45, 7) is 2.63. The van der Waals surface area contributed by atoms with Crippen LogP contribution in [0.4, 0.5) is 0 Å². The number of rotatable bonds is 1. The highest BCUT2D eigenvalue weighted by molar-refractivity contribution is 5.40. The molecule has 118 valence electrons. The lowest BCUT2D eigenvalue weighted by atomic mass is 9.55. The van der Waals surface area contributed by atoms with Crippen LogP contribution in [0.3, 0.4) is 0 Å². The third kappa shape index (κ3) is 1.96. The Bertz CT molecular complexity index is 618. The molecule has 0 spiro atoms. The standard InChI is InChI=1S/C20H26O2/c1-20-10-8-17-16-6-4-15(22)12-13(16)2-5-18(17)19(20)7-3-14(20)9-11-21/h4,6,9,12,17-19,21-22H,2-3,5,7-8,10-11H2,1H3/b14-9+. The first-order chi connectivity index (χ1) is 10.6. The van der Waals surface area contributed by atoms with E-state index in [4.69, 9.17) is 0 Å². The van der Waals surface area contributed by atoms with Crippen LogP contribution in [0.2, 0.25) is 0 Å². The summed E-state index contributed by atoms with van der Waals surface area (Å²) in [6.07, 6.45) is 9.40. The van der Waals surface area contributed by atoms with E-state index in [9.17, 15) is 10.2 Å². The summed E-state index contributed by atoms with van der Waals surface area (Å²) in [6, 6.07) is 6.01. The molecule has 2 saturated carbocycles. The van der Waals surface area contributed by atoms with Gasteiger partial charge in [-0.3, -0.25) is 0 Å². The Morgan fingerprint density at radius 2 is 2.09 bits per heavy atom. The SMILES string of the molecule is CC12CCC3c4ccc(O)cc4CCC3C1CC/C2=C\CO. The van der Waals surface area contributed by atoms with Crippen molar-refractivity contribution in [2.24, 2.45) is 17.3 Å². The minimum atomic E-state index is 0.188. The van der Waals surface area contributed by atoms with Crippen LogP contribution in [-0.2, 0) is 6.42 Å². The van der Waals surface area contributed by atoms with Crippen LogP contribution in [0.25, 0.3) is 0 Å². The molecule has 3 aliphatic carbocycles. The maximum Gasteiger partial charge on any atom is 0.115 e. The summed E-state index contributed by atoms with van der Waals surface area (Å²) in [4.78, 5) is 0. The summed E-state index contributed by atoms with van der Waals surface area (Å²) in [5.74, 6) is 2.63. The van der Waals surface area contributed by atoms with Crippen molar-refractivity contribution in [3.05, 3.63) is 41.0 Å². The molecule has 2 nitrogen and oxygen atoms in total. The van der Waals surface area contributed by atoms with E-state index in [0.29, 0.717) is 17.1 Å². The first-order valence-corrected chi connectivity index (χ1v) is 8.75. The number of hydrogen-bond acceptors (Lipinski definition) is 2. The van der Waals surface area contributed by atoms with Gasteiger partial charge in [0, 0.05) is 0 Å². The first kappa shape index (κ1) is 14.3. The topological polar surface area (TPSA) is 40.5 Å². The van der Waals surface area contributed by atoms with Crippen LogP contribution < -0.4 is 0 Å². The molecular formula is C20H26O2. The van der Waals surface area contributed by atoms with Crippen molar-refractivity contribution < 1.29 is 10.2 Å². The Morgan fingerprint density at radius 1 is 1.23 bits per heavy atom. The van der Waals surface area contributed by atoms with Gasteiger partial charge in [-0.05, 0) is 85.0 Å². The fourth-order valence-electron chi connectivity index (χ4n) is 5.86. The fourth-order valence-corrected chi connectivity index (χ4v) is 5.86. The second-order valence-electron chi connectivity index (χ2n) is 7.71. The van der Waals surface area contributed by atoms with Crippen molar-refractivity contribution in [2.75, 3.05) is 6.61 Å². The van der Waals surface area contributed by atoms with Crippen molar-refractivity contribution in [1.82, 2.24) is 0 Å². The predicted octanol–water partition coefficient (Wildman–Crippen LogP) is 4.17. The van der Waals surface area contributed by atoms with E-state index in [2.05, 4.69) is 19.1 Å². The lowest BCUT2D eigenvalue weighted by Crippen LogP contribution is -2.40. The number of phenols is 1. The van der Waals surface area contributed by atoms with Gasteiger partial charge >= 0.3 is 0 Å². The maximum atomic E-state index is 9.74. The van der Waals surface area contributed by atoms with Crippen LogP contribution in [0.5, 0.6) is 5.75 Å². The zero-order valence-corrected chi connectivity index (χ0v) is 13.4. The number of fused-ring (bicyclic) bond motifs is 5. The third-order valence-corrected chi connectivity index (χ3v) is 6.90. The van der Waals surface area contributed by atoms with Gasteiger partial charge in [-0.25, -0.2) is 0 Å². The van der Waals surface area contributed by atoms with Gasteiger partial charge in [0.15, 0.2) is 0 Å². The lowest BCUT2D eigenvalue weighted by Gasteiger charge is -2.49. The molecule has 1 aromatic rings. The molecule has 22 heavy (non-hydrogen) atoms. The van der Waals surface area contributed by atoms with E-state index in [1.54, 1.807) is 0 Å². The number of phenolic OH excluding ortho intramolecular Hbond substituents is 1. The van der Waals surface area contributed by atoms with Gasteiger partial charge in [-0.2, -0.15) is 0 Å². The van der Waals surface area contributed by atoms with Crippen LogP contribution in [0.1, 0.15) is 56.1 Å². The van der Waals surface area contributed by atoms with Gasteiger partial charge in [0.1, 0.15) is 5.75 Å². The summed E-state index contributed by atoms with van der Waals surface area (Å²) in [5.41, 5.74) is 4.69. The van der Waals surface area contributed by atoms with Gasteiger partial charge in [-0.15, -0.1) is 0 Å². The first-order valence-electron chi connectivity index (χ1n) is 8.75. The van der Waals surface area contributed by atoms with Crippen molar-refractivity contribution in [3.63, 3.8) is 0 Å². The Balaban J connectivity index is 1.69. The second-order valence-corrected chi connectivity index (χ2v) is 7.71. The number of aryl methyl sites for hydroxylation is 1. The Kier molecular flexibility index (Phi) is 3.34. The molecular weight excluding hydrogens is 272 g/mol. The maximum absolute atomic E-state index is 9.74. The Morgan fingerprint density at radius 3 is 2.91 bits per heavy atom. The van der Waals surface area contributed by atoms with Crippen molar-refractivity contribution in [3.8, 4) is 5.75 Å². The smallest absolute Gasteiger partial charge is 0.115 e. The van der Waals surface area contributed by atoms with Crippen molar-refractivity contribution >= 4 is 0 Å². The predicted molar refractivity (Wildman–Crippen MR) is 87.9 cm³/mol. The molecule has 3 aliphatic rings. The number of allylic oxidation sites excluding steroid dienone is 1. The summed E-state index contributed by atoms with van der Waals surface area (Å²) >= 11 is 0. The van der Waals surface area contributed by atoms with Crippen molar-refractivity contribution in [1.29, 1.82) is 0 Å². The molecule has 0 aromatic heterocycles. The number of aliphatic hydroxyl groups is 1. The van der Waals surface area contributed by atoms with E-state index in [1.807, 2.05) is 12.1 Å². The number of aromatic hydroxyl groups is 1. The highest BCUT2D eigenvalue weighted by atomic mass is 16.3. The molecule has 0 saturated heterocycles. The average molecular weight is 298 g/mol. The fraction of sp³-hybridized carbons (Fsp3) is 0.600. The van der Waals surface area contributed by atoms with Crippen LogP contribution in [-0.4, -0.2) is 16.8 Å². The summed E-state index contributed by atoms with van der Waals surface area (Å²) in [7, 11) is 0.